The first-order valence-electron chi connectivity index (χ1n) is 7.43. The van der Waals surface area contributed by atoms with E-state index in [-0.39, 0.29) is 0 Å². The Morgan fingerprint density at radius 1 is 1.00 bits per heavy atom. The SMILES string of the molecule is Cc1ccc(C2(O)CC(c3cccc4ccccc34)C2)o1. The Labute approximate surface area is 124 Å². The van der Waals surface area contributed by atoms with Crippen LogP contribution in [0.3, 0.4) is 0 Å². The van der Waals surface area contributed by atoms with Gasteiger partial charge in [-0.15, -0.1) is 0 Å². The number of fused-ring (bicyclic) bond motifs is 1. The largest absolute Gasteiger partial charge is 0.463 e. The highest BCUT2D eigenvalue weighted by atomic mass is 16.4. The zero-order valence-electron chi connectivity index (χ0n) is 12.0. The second kappa shape index (κ2) is 4.47. The molecule has 0 spiro atoms. The molecule has 1 aliphatic carbocycles. The van der Waals surface area contributed by atoms with Crippen molar-refractivity contribution >= 4 is 10.8 Å². The van der Waals surface area contributed by atoms with Crippen molar-refractivity contribution in [3.8, 4) is 0 Å². The highest BCUT2D eigenvalue weighted by Crippen LogP contribution is 2.52. The molecule has 106 valence electrons. The van der Waals surface area contributed by atoms with Crippen molar-refractivity contribution in [2.75, 3.05) is 0 Å². The third-order valence-electron chi connectivity index (χ3n) is 4.63. The minimum absolute atomic E-state index is 0.395. The average molecular weight is 278 g/mol. The van der Waals surface area contributed by atoms with Gasteiger partial charge in [0.25, 0.3) is 0 Å². The summed E-state index contributed by atoms with van der Waals surface area (Å²) in [4.78, 5) is 0. The van der Waals surface area contributed by atoms with Crippen LogP contribution in [0, 0.1) is 6.92 Å². The van der Waals surface area contributed by atoms with Gasteiger partial charge in [0.15, 0.2) is 0 Å². The highest BCUT2D eigenvalue weighted by Gasteiger charge is 2.47. The first-order chi connectivity index (χ1) is 10.2. The van der Waals surface area contributed by atoms with Gasteiger partial charge in [0.2, 0.25) is 0 Å². The van der Waals surface area contributed by atoms with Crippen LogP contribution in [-0.2, 0) is 5.60 Å². The molecule has 2 nitrogen and oxygen atoms in total. The molecule has 1 N–H and O–H groups in total. The second-order valence-electron chi connectivity index (χ2n) is 6.12. The number of aryl methyl sites for hydroxylation is 1. The standard InChI is InChI=1S/C19H18O2/c1-13-9-10-18(21-13)19(20)11-15(12-19)17-8-4-6-14-5-2-3-7-16(14)17/h2-10,15,20H,11-12H2,1H3. The van der Waals surface area contributed by atoms with E-state index < -0.39 is 5.60 Å². The zero-order valence-corrected chi connectivity index (χ0v) is 12.0. The predicted molar refractivity (Wildman–Crippen MR) is 83.3 cm³/mol. The van der Waals surface area contributed by atoms with E-state index in [1.54, 1.807) is 0 Å². The Morgan fingerprint density at radius 3 is 2.52 bits per heavy atom. The van der Waals surface area contributed by atoms with Crippen LogP contribution in [0.5, 0.6) is 0 Å². The third-order valence-corrected chi connectivity index (χ3v) is 4.63. The van der Waals surface area contributed by atoms with Crippen LogP contribution in [-0.4, -0.2) is 5.11 Å². The van der Waals surface area contributed by atoms with Crippen molar-refractivity contribution in [3.05, 3.63) is 71.7 Å². The van der Waals surface area contributed by atoms with E-state index in [2.05, 4.69) is 42.5 Å². The average Bonchev–Trinajstić information content (AvgIpc) is 2.90. The van der Waals surface area contributed by atoms with Gasteiger partial charge in [0, 0.05) is 0 Å². The molecule has 4 rings (SSSR count). The molecule has 0 radical (unpaired) electrons. The highest BCUT2D eigenvalue weighted by molar-refractivity contribution is 5.86. The zero-order chi connectivity index (χ0) is 14.4. The number of aliphatic hydroxyl groups is 1. The van der Waals surface area contributed by atoms with E-state index in [4.69, 9.17) is 4.42 Å². The monoisotopic (exact) mass is 278 g/mol. The first-order valence-corrected chi connectivity index (χ1v) is 7.43. The van der Waals surface area contributed by atoms with Gasteiger partial charge < -0.3 is 9.52 Å². The maximum Gasteiger partial charge on any atom is 0.135 e. The summed E-state index contributed by atoms with van der Waals surface area (Å²) in [7, 11) is 0. The normalized spacial score (nSPS) is 25.0. The Hall–Kier alpha value is -2.06. The molecule has 2 aromatic carbocycles. The summed E-state index contributed by atoms with van der Waals surface area (Å²) < 4.78 is 5.61. The number of furan rings is 1. The number of hydrogen-bond acceptors (Lipinski definition) is 2. The van der Waals surface area contributed by atoms with Crippen molar-refractivity contribution in [1.82, 2.24) is 0 Å². The Morgan fingerprint density at radius 2 is 1.76 bits per heavy atom. The molecule has 1 aliphatic rings. The van der Waals surface area contributed by atoms with Gasteiger partial charge in [-0.05, 0) is 54.2 Å². The minimum Gasteiger partial charge on any atom is -0.463 e. The lowest BCUT2D eigenvalue weighted by molar-refractivity contribution is -0.0718. The lowest BCUT2D eigenvalue weighted by atomic mass is 9.66. The van der Waals surface area contributed by atoms with Crippen LogP contribution in [0.2, 0.25) is 0 Å². The van der Waals surface area contributed by atoms with E-state index >= 15 is 0 Å². The van der Waals surface area contributed by atoms with Crippen molar-refractivity contribution in [2.45, 2.75) is 31.3 Å². The fraction of sp³-hybridized carbons (Fsp3) is 0.263. The first kappa shape index (κ1) is 12.7. The Bertz CT molecular complexity index is 789. The molecule has 0 aliphatic heterocycles. The summed E-state index contributed by atoms with van der Waals surface area (Å²) in [6, 6.07) is 18.7. The van der Waals surface area contributed by atoms with E-state index in [1.807, 2.05) is 19.1 Å². The van der Waals surface area contributed by atoms with E-state index in [1.165, 1.54) is 16.3 Å². The summed E-state index contributed by atoms with van der Waals surface area (Å²) in [6.45, 7) is 1.91. The Balaban J connectivity index is 1.65. The maximum atomic E-state index is 10.7. The van der Waals surface area contributed by atoms with E-state index in [0.717, 1.165) is 18.6 Å². The smallest absolute Gasteiger partial charge is 0.135 e. The van der Waals surface area contributed by atoms with Gasteiger partial charge in [-0.1, -0.05) is 42.5 Å². The number of hydrogen-bond donors (Lipinski definition) is 1. The number of benzene rings is 2. The van der Waals surface area contributed by atoms with Crippen LogP contribution in [0.25, 0.3) is 10.8 Å². The Kier molecular flexibility index (Phi) is 2.69. The molecule has 0 bridgehead atoms. The van der Waals surface area contributed by atoms with Crippen LogP contribution in [0.4, 0.5) is 0 Å². The van der Waals surface area contributed by atoms with Crippen LogP contribution < -0.4 is 0 Å². The van der Waals surface area contributed by atoms with Crippen LogP contribution in [0.15, 0.2) is 59.0 Å². The van der Waals surface area contributed by atoms with Crippen molar-refractivity contribution < 1.29 is 9.52 Å². The van der Waals surface area contributed by atoms with E-state index in [9.17, 15) is 5.11 Å². The predicted octanol–water partition coefficient (Wildman–Crippen LogP) is 4.51. The molecule has 1 heterocycles. The van der Waals surface area contributed by atoms with Crippen molar-refractivity contribution in [2.24, 2.45) is 0 Å². The van der Waals surface area contributed by atoms with Crippen molar-refractivity contribution in [1.29, 1.82) is 0 Å². The molecule has 0 unspecified atom stereocenters. The van der Waals surface area contributed by atoms with Gasteiger partial charge in [0.1, 0.15) is 17.1 Å². The van der Waals surface area contributed by atoms with Gasteiger partial charge in [-0.3, -0.25) is 0 Å². The maximum absolute atomic E-state index is 10.7. The summed E-state index contributed by atoms with van der Waals surface area (Å²) in [5, 5.41) is 13.3. The lowest BCUT2D eigenvalue weighted by Crippen LogP contribution is -2.39. The van der Waals surface area contributed by atoms with Crippen molar-refractivity contribution in [3.63, 3.8) is 0 Å². The molecular formula is C19H18O2. The molecule has 0 amide bonds. The summed E-state index contributed by atoms with van der Waals surface area (Å²) in [5.74, 6) is 1.95. The third kappa shape index (κ3) is 1.98. The van der Waals surface area contributed by atoms with Gasteiger partial charge in [-0.25, -0.2) is 0 Å². The molecule has 21 heavy (non-hydrogen) atoms. The molecule has 1 saturated carbocycles. The van der Waals surface area contributed by atoms with Gasteiger partial charge >= 0.3 is 0 Å². The molecule has 1 fully saturated rings. The quantitative estimate of drug-likeness (QED) is 0.748. The molecule has 0 saturated heterocycles. The second-order valence-corrected chi connectivity index (χ2v) is 6.12. The molecular weight excluding hydrogens is 260 g/mol. The lowest BCUT2D eigenvalue weighted by Gasteiger charge is -2.42. The summed E-state index contributed by atoms with van der Waals surface area (Å²) >= 11 is 0. The molecule has 2 heteroatoms. The minimum atomic E-state index is -0.796. The fourth-order valence-electron chi connectivity index (χ4n) is 3.47. The van der Waals surface area contributed by atoms with E-state index in [0.29, 0.717) is 11.7 Å². The molecule has 3 aromatic rings. The summed E-state index contributed by atoms with van der Waals surface area (Å²) in [6.07, 6.45) is 1.46. The fourth-order valence-corrected chi connectivity index (χ4v) is 3.47. The van der Waals surface area contributed by atoms with Gasteiger partial charge in [-0.2, -0.15) is 0 Å². The molecule has 1 aromatic heterocycles. The molecule has 0 atom stereocenters. The van der Waals surface area contributed by atoms with Gasteiger partial charge in [0.05, 0.1) is 0 Å². The topological polar surface area (TPSA) is 33.4 Å². The van der Waals surface area contributed by atoms with Crippen LogP contribution in [0.1, 0.15) is 35.8 Å². The number of rotatable bonds is 2. The summed E-state index contributed by atoms with van der Waals surface area (Å²) in [5.41, 5.74) is 0.539. The van der Waals surface area contributed by atoms with Crippen LogP contribution >= 0.6 is 0 Å².